The number of hydrogen-bond acceptors (Lipinski definition) is 4. The van der Waals surface area contributed by atoms with Crippen molar-refractivity contribution in [1.82, 2.24) is 0 Å². The summed E-state index contributed by atoms with van der Waals surface area (Å²) in [4.78, 5) is 23.2. The van der Waals surface area contributed by atoms with Crippen LogP contribution in [-0.4, -0.2) is 18.2 Å². The average Bonchev–Trinajstić information content (AvgIpc) is 2.28. The van der Waals surface area contributed by atoms with Gasteiger partial charge in [-0.25, -0.2) is 0 Å². The normalized spacial score (nSPS) is 12.6. The molecule has 0 heterocycles. The van der Waals surface area contributed by atoms with E-state index < -0.39 is 23.6 Å². The second-order valence-corrected chi connectivity index (χ2v) is 5.38. The lowest BCUT2D eigenvalue weighted by Crippen LogP contribution is -2.29. The fourth-order valence-corrected chi connectivity index (χ4v) is 1.34. The molecule has 0 radical (unpaired) electrons. The number of esters is 2. The lowest BCUT2D eigenvalue weighted by Gasteiger charge is -2.20. The zero-order valence-electron chi connectivity index (χ0n) is 11.8. The van der Waals surface area contributed by atoms with E-state index in [4.69, 9.17) is 9.47 Å². The van der Waals surface area contributed by atoms with Crippen molar-refractivity contribution in [3.8, 4) is 0 Å². The van der Waals surface area contributed by atoms with Gasteiger partial charge in [-0.15, -0.1) is 0 Å². The van der Waals surface area contributed by atoms with Crippen molar-refractivity contribution in [1.29, 1.82) is 0 Å². The van der Waals surface area contributed by atoms with E-state index in [-0.39, 0.29) is 6.42 Å². The number of ether oxygens (including phenoxy) is 2. The number of carbonyl (C=O) groups is 2. The summed E-state index contributed by atoms with van der Waals surface area (Å²) >= 11 is 0. The Balaban J connectivity index is 2.43. The molecule has 0 fully saturated rings. The quantitative estimate of drug-likeness (QED) is 0.619. The first kappa shape index (κ1) is 15.2. The Morgan fingerprint density at radius 1 is 1.11 bits per heavy atom. The predicted molar refractivity (Wildman–Crippen MR) is 71.2 cm³/mol. The molecular weight excluding hydrogens is 244 g/mol. The van der Waals surface area contributed by atoms with Crippen LogP contribution in [0.25, 0.3) is 0 Å². The second-order valence-electron chi connectivity index (χ2n) is 5.38. The van der Waals surface area contributed by atoms with Gasteiger partial charge < -0.3 is 9.47 Å². The van der Waals surface area contributed by atoms with Crippen molar-refractivity contribution in [3.63, 3.8) is 0 Å². The van der Waals surface area contributed by atoms with E-state index in [0.29, 0.717) is 0 Å². The molecule has 104 valence electrons. The SMILES string of the molecule is CC(OC(=O)Cc1ccccc1)OC(=O)C(C)(C)C. The van der Waals surface area contributed by atoms with E-state index in [2.05, 4.69) is 0 Å². The highest BCUT2D eigenvalue weighted by atomic mass is 16.7. The molecule has 0 bridgehead atoms. The van der Waals surface area contributed by atoms with Gasteiger partial charge in [0.15, 0.2) is 0 Å². The van der Waals surface area contributed by atoms with Gasteiger partial charge in [-0.05, 0) is 26.3 Å². The van der Waals surface area contributed by atoms with Crippen LogP contribution in [-0.2, 0) is 25.5 Å². The molecule has 0 saturated carbocycles. The summed E-state index contributed by atoms with van der Waals surface area (Å²) in [6, 6.07) is 9.26. The summed E-state index contributed by atoms with van der Waals surface area (Å²) in [6.07, 6.45) is -0.707. The highest BCUT2D eigenvalue weighted by Gasteiger charge is 2.26. The molecular formula is C15H20O4. The molecule has 19 heavy (non-hydrogen) atoms. The van der Waals surface area contributed by atoms with E-state index in [1.54, 1.807) is 20.8 Å². The smallest absolute Gasteiger partial charge is 0.314 e. The minimum atomic E-state index is -0.872. The molecule has 1 aromatic carbocycles. The van der Waals surface area contributed by atoms with Crippen molar-refractivity contribution in [2.45, 2.75) is 40.4 Å². The summed E-state index contributed by atoms with van der Waals surface area (Å²) in [5, 5.41) is 0. The number of benzene rings is 1. The van der Waals surface area contributed by atoms with E-state index in [0.717, 1.165) is 5.56 Å². The predicted octanol–water partition coefficient (Wildman–Crippen LogP) is 2.71. The molecule has 1 aromatic rings. The Kier molecular flexibility index (Phi) is 5.10. The van der Waals surface area contributed by atoms with Gasteiger partial charge in [0, 0.05) is 6.92 Å². The largest absolute Gasteiger partial charge is 0.425 e. The third-order valence-electron chi connectivity index (χ3n) is 2.37. The fourth-order valence-electron chi connectivity index (χ4n) is 1.34. The second kappa shape index (κ2) is 6.36. The monoisotopic (exact) mass is 264 g/mol. The molecule has 0 aromatic heterocycles. The van der Waals surface area contributed by atoms with Crippen LogP contribution in [0.1, 0.15) is 33.3 Å². The van der Waals surface area contributed by atoms with Gasteiger partial charge in [-0.3, -0.25) is 9.59 Å². The van der Waals surface area contributed by atoms with E-state index in [1.807, 2.05) is 30.3 Å². The van der Waals surface area contributed by atoms with Crippen LogP contribution in [0.2, 0.25) is 0 Å². The molecule has 0 saturated heterocycles. The van der Waals surface area contributed by atoms with Crippen LogP contribution in [0.15, 0.2) is 30.3 Å². The maximum absolute atomic E-state index is 11.6. The van der Waals surface area contributed by atoms with Crippen molar-refractivity contribution >= 4 is 11.9 Å². The first-order valence-corrected chi connectivity index (χ1v) is 6.23. The first-order chi connectivity index (χ1) is 8.79. The van der Waals surface area contributed by atoms with Crippen LogP contribution >= 0.6 is 0 Å². The Hall–Kier alpha value is -1.84. The average molecular weight is 264 g/mol. The van der Waals surface area contributed by atoms with Gasteiger partial charge in [-0.2, -0.15) is 0 Å². The van der Waals surface area contributed by atoms with E-state index in [9.17, 15) is 9.59 Å². The minimum Gasteiger partial charge on any atom is -0.425 e. The van der Waals surface area contributed by atoms with Gasteiger partial charge in [0.05, 0.1) is 11.8 Å². The minimum absolute atomic E-state index is 0.165. The van der Waals surface area contributed by atoms with Crippen LogP contribution < -0.4 is 0 Å². The highest BCUT2D eigenvalue weighted by Crippen LogP contribution is 2.16. The van der Waals surface area contributed by atoms with Gasteiger partial charge in [0.2, 0.25) is 6.29 Å². The van der Waals surface area contributed by atoms with Crippen LogP contribution in [0, 0.1) is 5.41 Å². The third-order valence-corrected chi connectivity index (χ3v) is 2.37. The lowest BCUT2D eigenvalue weighted by atomic mass is 9.97. The van der Waals surface area contributed by atoms with Crippen LogP contribution in [0.4, 0.5) is 0 Å². The molecule has 0 aliphatic carbocycles. The molecule has 4 nitrogen and oxygen atoms in total. The van der Waals surface area contributed by atoms with Gasteiger partial charge in [-0.1, -0.05) is 30.3 Å². The summed E-state index contributed by atoms with van der Waals surface area (Å²) in [5.74, 6) is -0.812. The molecule has 1 rings (SSSR count). The maximum Gasteiger partial charge on any atom is 0.314 e. The number of carbonyl (C=O) groups excluding carboxylic acids is 2. The summed E-state index contributed by atoms with van der Waals surface area (Å²) < 4.78 is 10.1. The molecule has 0 aliphatic heterocycles. The van der Waals surface area contributed by atoms with E-state index in [1.165, 1.54) is 6.92 Å². The molecule has 4 heteroatoms. The van der Waals surface area contributed by atoms with Crippen molar-refractivity contribution in [3.05, 3.63) is 35.9 Å². The highest BCUT2D eigenvalue weighted by molar-refractivity contribution is 5.76. The van der Waals surface area contributed by atoms with E-state index >= 15 is 0 Å². The summed E-state index contributed by atoms with van der Waals surface area (Å²) in [7, 11) is 0. The fraction of sp³-hybridized carbons (Fsp3) is 0.467. The standard InChI is InChI=1S/C15H20O4/c1-11(19-14(17)15(2,3)4)18-13(16)10-12-8-6-5-7-9-12/h5-9,11H,10H2,1-4H3. The van der Waals surface area contributed by atoms with Crippen LogP contribution in [0.3, 0.4) is 0 Å². The Morgan fingerprint density at radius 2 is 1.68 bits per heavy atom. The molecule has 0 N–H and O–H groups in total. The number of hydrogen-bond donors (Lipinski definition) is 0. The summed E-state index contributed by atoms with van der Waals surface area (Å²) in [5.41, 5.74) is 0.252. The first-order valence-electron chi connectivity index (χ1n) is 6.23. The zero-order chi connectivity index (χ0) is 14.5. The Bertz CT molecular complexity index is 431. The van der Waals surface area contributed by atoms with Crippen LogP contribution in [0.5, 0.6) is 0 Å². The van der Waals surface area contributed by atoms with Gasteiger partial charge in [0.25, 0.3) is 0 Å². The van der Waals surface area contributed by atoms with Crippen molar-refractivity contribution in [2.75, 3.05) is 0 Å². The maximum atomic E-state index is 11.6. The lowest BCUT2D eigenvalue weighted by molar-refractivity contribution is -0.189. The molecule has 1 atom stereocenters. The Morgan fingerprint density at radius 3 is 2.21 bits per heavy atom. The number of rotatable bonds is 4. The molecule has 1 unspecified atom stereocenters. The summed E-state index contributed by atoms with van der Waals surface area (Å²) in [6.45, 7) is 6.77. The topological polar surface area (TPSA) is 52.6 Å². The molecule has 0 amide bonds. The zero-order valence-corrected chi connectivity index (χ0v) is 11.8. The van der Waals surface area contributed by atoms with Gasteiger partial charge >= 0.3 is 11.9 Å². The molecule has 0 aliphatic rings. The third kappa shape index (κ3) is 5.55. The Labute approximate surface area is 113 Å². The van der Waals surface area contributed by atoms with Crippen molar-refractivity contribution < 1.29 is 19.1 Å². The molecule has 0 spiro atoms. The van der Waals surface area contributed by atoms with Gasteiger partial charge in [0.1, 0.15) is 0 Å². The van der Waals surface area contributed by atoms with Crippen molar-refractivity contribution in [2.24, 2.45) is 5.41 Å².